The van der Waals surface area contributed by atoms with Gasteiger partial charge >= 0.3 is 6.18 Å². The molecule has 108 valence electrons. The summed E-state index contributed by atoms with van der Waals surface area (Å²) in [7, 11) is 0. The lowest BCUT2D eigenvalue weighted by Crippen LogP contribution is -2.07. The molecule has 0 atom stereocenters. The number of halogens is 3. The quantitative estimate of drug-likeness (QED) is 0.877. The summed E-state index contributed by atoms with van der Waals surface area (Å²) in [6.45, 7) is 2.46. The van der Waals surface area contributed by atoms with E-state index < -0.39 is 11.9 Å². The Hall–Kier alpha value is -2.18. The van der Waals surface area contributed by atoms with Crippen molar-refractivity contribution < 1.29 is 17.9 Å². The second-order valence-corrected chi connectivity index (χ2v) is 4.25. The highest BCUT2D eigenvalue weighted by Crippen LogP contribution is 2.28. The third-order valence-corrected chi connectivity index (χ3v) is 2.53. The minimum atomic E-state index is -4.47. The van der Waals surface area contributed by atoms with E-state index in [2.05, 4.69) is 5.10 Å². The molecule has 0 radical (unpaired) electrons. The van der Waals surface area contributed by atoms with Gasteiger partial charge in [-0.05, 0) is 18.6 Å². The molecule has 1 aromatic heterocycles. The van der Waals surface area contributed by atoms with Crippen LogP contribution in [0.25, 0.3) is 5.69 Å². The van der Waals surface area contributed by atoms with Crippen LogP contribution in [0, 0.1) is 0 Å². The first kappa shape index (κ1) is 14.2. The molecule has 1 heterocycles. The molecule has 0 saturated carbocycles. The third kappa shape index (κ3) is 3.23. The van der Waals surface area contributed by atoms with E-state index in [1.807, 2.05) is 6.92 Å². The first-order valence-electron chi connectivity index (χ1n) is 6.06. The van der Waals surface area contributed by atoms with Crippen LogP contribution in [-0.4, -0.2) is 16.4 Å². The Kier molecular flexibility index (Phi) is 3.87. The van der Waals surface area contributed by atoms with E-state index >= 15 is 0 Å². The molecule has 0 aliphatic carbocycles. The van der Waals surface area contributed by atoms with Gasteiger partial charge in [0.2, 0.25) is 0 Å². The predicted octanol–water partition coefficient (Wildman–Crippen LogP) is 3.26. The summed E-state index contributed by atoms with van der Waals surface area (Å²) in [6.07, 6.45) is -2.40. The van der Waals surface area contributed by atoms with Gasteiger partial charge in [-0.25, -0.2) is 4.68 Å². The van der Waals surface area contributed by atoms with Crippen molar-refractivity contribution in [3.8, 4) is 11.4 Å². The first-order chi connectivity index (χ1) is 9.40. The Morgan fingerprint density at radius 3 is 2.65 bits per heavy atom. The Labute approximate surface area is 114 Å². The molecule has 20 heavy (non-hydrogen) atoms. The minimum absolute atomic E-state index is 0.401. The number of hydrogen-bond donors (Lipinski definition) is 1. The lowest BCUT2D eigenvalue weighted by atomic mass is 10.2. The lowest BCUT2D eigenvalue weighted by molar-refractivity contribution is -0.141. The molecule has 0 fully saturated rings. The van der Waals surface area contributed by atoms with Gasteiger partial charge in [0, 0.05) is 24.0 Å². The van der Waals surface area contributed by atoms with Gasteiger partial charge in [0.25, 0.3) is 0 Å². The maximum absolute atomic E-state index is 12.5. The van der Waals surface area contributed by atoms with E-state index in [-0.39, 0.29) is 0 Å². The smallest absolute Gasteiger partial charge is 0.435 e. The number of benzene rings is 1. The molecular weight excluding hydrogens is 271 g/mol. The fourth-order valence-corrected chi connectivity index (χ4v) is 1.66. The lowest BCUT2D eigenvalue weighted by Gasteiger charge is -2.09. The van der Waals surface area contributed by atoms with Crippen molar-refractivity contribution in [1.82, 2.24) is 9.78 Å². The summed E-state index contributed by atoms with van der Waals surface area (Å²) in [4.78, 5) is 0. The summed E-state index contributed by atoms with van der Waals surface area (Å²) < 4.78 is 44.1. The van der Waals surface area contributed by atoms with Crippen molar-refractivity contribution in [3.63, 3.8) is 0 Å². The zero-order valence-corrected chi connectivity index (χ0v) is 10.8. The maximum atomic E-state index is 12.5. The van der Waals surface area contributed by atoms with E-state index in [1.54, 1.807) is 12.1 Å². The van der Waals surface area contributed by atoms with Crippen LogP contribution in [0.15, 0.2) is 30.5 Å². The number of hydrogen-bond acceptors (Lipinski definition) is 3. The molecule has 0 saturated heterocycles. The Morgan fingerprint density at radius 2 is 2.05 bits per heavy atom. The molecule has 0 aliphatic heterocycles. The van der Waals surface area contributed by atoms with E-state index in [1.165, 1.54) is 12.3 Å². The van der Waals surface area contributed by atoms with Gasteiger partial charge in [0.05, 0.1) is 12.3 Å². The molecule has 1 aromatic carbocycles. The number of alkyl halides is 3. The zero-order valence-electron chi connectivity index (χ0n) is 10.8. The highest BCUT2D eigenvalue weighted by molar-refractivity contribution is 5.53. The molecule has 0 bridgehead atoms. The normalized spacial score (nSPS) is 11.6. The van der Waals surface area contributed by atoms with Gasteiger partial charge in [-0.1, -0.05) is 6.92 Å². The van der Waals surface area contributed by atoms with Gasteiger partial charge in [-0.15, -0.1) is 0 Å². The molecule has 7 heteroatoms. The summed E-state index contributed by atoms with van der Waals surface area (Å²) >= 11 is 0. The molecule has 2 rings (SSSR count). The van der Waals surface area contributed by atoms with Crippen LogP contribution in [0.5, 0.6) is 5.75 Å². The van der Waals surface area contributed by atoms with Crippen LogP contribution in [0.4, 0.5) is 18.9 Å². The molecule has 2 N–H and O–H groups in total. The van der Waals surface area contributed by atoms with Crippen molar-refractivity contribution in [2.45, 2.75) is 19.5 Å². The molecule has 0 spiro atoms. The van der Waals surface area contributed by atoms with Gasteiger partial charge in [0.15, 0.2) is 5.69 Å². The van der Waals surface area contributed by atoms with E-state index in [9.17, 15) is 13.2 Å². The molecule has 0 aliphatic rings. The van der Waals surface area contributed by atoms with E-state index in [0.717, 1.165) is 17.2 Å². The van der Waals surface area contributed by atoms with Gasteiger partial charge in [0.1, 0.15) is 5.75 Å². The van der Waals surface area contributed by atoms with Gasteiger partial charge in [-0.3, -0.25) is 0 Å². The monoisotopic (exact) mass is 285 g/mol. The average molecular weight is 285 g/mol. The van der Waals surface area contributed by atoms with E-state index in [4.69, 9.17) is 10.5 Å². The number of nitrogens with two attached hydrogens (primary N) is 1. The SMILES string of the molecule is CCCOc1cc(N)cc(-n2ccc(C(F)(F)F)n2)c1. The van der Waals surface area contributed by atoms with Crippen molar-refractivity contribution in [1.29, 1.82) is 0 Å². The molecule has 2 aromatic rings. The second kappa shape index (κ2) is 5.44. The maximum Gasteiger partial charge on any atom is 0.435 e. The van der Waals surface area contributed by atoms with Crippen molar-refractivity contribution in [3.05, 3.63) is 36.2 Å². The first-order valence-corrected chi connectivity index (χ1v) is 6.06. The summed E-state index contributed by atoms with van der Waals surface area (Å²) in [5.41, 5.74) is 5.59. The topological polar surface area (TPSA) is 53.1 Å². The number of ether oxygens (including phenoxy) is 1. The molecular formula is C13H14F3N3O. The summed E-state index contributed by atoms with van der Waals surface area (Å²) in [5, 5.41) is 3.49. The third-order valence-electron chi connectivity index (χ3n) is 2.53. The molecule has 0 unspecified atom stereocenters. The fraction of sp³-hybridized carbons (Fsp3) is 0.308. The second-order valence-electron chi connectivity index (χ2n) is 4.25. The summed E-state index contributed by atoms with van der Waals surface area (Å²) in [5.74, 6) is 0.505. The van der Waals surface area contributed by atoms with Crippen molar-refractivity contribution >= 4 is 5.69 Å². The van der Waals surface area contributed by atoms with Crippen LogP contribution in [-0.2, 0) is 6.18 Å². The average Bonchev–Trinajstić information content (AvgIpc) is 2.85. The van der Waals surface area contributed by atoms with Crippen LogP contribution < -0.4 is 10.5 Å². The van der Waals surface area contributed by atoms with Crippen LogP contribution in [0.1, 0.15) is 19.0 Å². The zero-order chi connectivity index (χ0) is 14.8. The Bertz CT molecular complexity index is 593. The van der Waals surface area contributed by atoms with Crippen molar-refractivity contribution in [2.24, 2.45) is 0 Å². The van der Waals surface area contributed by atoms with Gasteiger partial charge < -0.3 is 10.5 Å². The number of anilines is 1. The van der Waals surface area contributed by atoms with Crippen LogP contribution >= 0.6 is 0 Å². The van der Waals surface area contributed by atoms with Gasteiger partial charge in [-0.2, -0.15) is 18.3 Å². The summed E-state index contributed by atoms with van der Waals surface area (Å²) in [6, 6.07) is 5.66. The van der Waals surface area contributed by atoms with Crippen molar-refractivity contribution in [2.75, 3.05) is 12.3 Å². The molecule has 4 nitrogen and oxygen atoms in total. The Balaban J connectivity index is 2.32. The minimum Gasteiger partial charge on any atom is -0.493 e. The highest BCUT2D eigenvalue weighted by Gasteiger charge is 2.33. The van der Waals surface area contributed by atoms with Crippen LogP contribution in [0.3, 0.4) is 0 Å². The molecule has 0 amide bonds. The largest absolute Gasteiger partial charge is 0.493 e. The Morgan fingerprint density at radius 1 is 1.30 bits per heavy atom. The highest BCUT2D eigenvalue weighted by atomic mass is 19.4. The fourth-order valence-electron chi connectivity index (χ4n) is 1.66. The number of aromatic nitrogens is 2. The number of nitrogen functional groups attached to an aromatic ring is 1. The van der Waals surface area contributed by atoms with E-state index in [0.29, 0.717) is 23.7 Å². The standard InChI is InChI=1S/C13H14F3N3O/c1-2-5-20-11-7-9(17)6-10(8-11)19-4-3-12(18-19)13(14,15)16/h3-4,6-8H,2,5,17H2,1H3. The number of rotatable bonds is 4. The van der Waals surface area contributed by atoms with Crippen LogP contribution in [0.2, 0.25) is 0 Å². The predicted molar refractivity (Wildman–Crippen MR) is 68.8 cm³/mol. The number of nitrogens with zero attached hydrogens (tertiary/aromatic N) is 2.